The molecule has 1 unspecified atom stereocenters. The third-order valence-corrected chi connectivity index (χ3v) is 1.77. The van der Waals surface area contributed by atoms with Gasteiger partial charge in [-0.15, -0.1) is 0 Å². The van der Waals surface area contributed by atoms with E-state index in [0.29, 0.717) is 0 Å². The van der Waals surface area contributed by atoms with E-state index in [1.165, 1.54) is 6.20 Å². The van der Waals surface area contributed by atoms with Gasteiger partial charge in [-0.05, 0) is 18.7 Å². The summed E-state index contributed by atoms with van der Waals surface area (Å²) in [5, 5.41) is 2.35. The number of hydrogen-bond acceptors (Lipinski definition) is 2. The molecule has 0 spiro atoms. The molecule has 0 aromatic heterocycles. The molecule has 0 radical (unpaired) electrons. The average Bonchev–Trinajstić information content (AvgIpc) is 2.19. The van der Waals surface area contributed by atoms with Crippen LogP contribution in [-0.4, -0.2) is 6.09 Å². The SMILES string of the molecule is C=CNC(=O)OC(C)c1ccccc1. The molecule has 0 heterocycles. The maximum absolute atomic E-state index is 11.0. The van der Waals surface area contributed by atoms with Crippen molar-refractivity contribution in [3.05, 3.63) is 48.7 Å². The maximum Gasteiger partial charge on any atom is 0.411 e. The predicted molar refractivity (Wildman–Crippen MR) is 54.7 cm³/mol. The normalized spacial score (nSPS) is 11.5. The second kappa shape index (κ2) is 5.07. The van der Waals surface area contributed by atoms with Crippen molar-refractivity contribution in [2.75, 3.05) is 0 Å². The Bertz CT molecular complexity index is 308. The number of carbonyl (C=O) groups excluding carboxylic acids is 1. The molecule has 1 aromatic rings. The Hall–Kier alpha value is -1.77. The molecule has 1 amide bonds. The Morgan fingerprint density at radius 2 is 2.14 bits per heavy atom. The van der Waals surface area contributed by atoms with Crippen LogP contribution in [0.25, 0.3) is 0 Å². The van der Waals surface area contributed by atoms with Gasteiger partial charge < -0.3 is 4.74 Å². The third kappa shape index (κ3) is 2.94. The second-order valence-electron chi connectivity index (χ2n) is 2.81. The van der Waals surface area contributed by atoms with Crippen molar-refractivity contribution in [3.8, 4) is 0 Å². The van der Waals surface area contributed by atoms with Crippen LogP contribution in [0, 0.1) is 0 Å². The molecular formula is C11H13NO2. The van der Waals surface area contributed by atoms with E-state index in [4.69, 9.17) is 4.74 Å². The number of carbonyl (C=O) groups is 1. The van der Waals surface area contributed by atoms with Crippen LogP contribution in [0.1, 0.15) is 18.6 Å². The largest absolute Gasteiger partial charge is 0.441 e. The number of benzene rings is 1. The highest BCUT2D eigenvalue weighted by Gasteiger charge is 2.09. The lowest BCUT2D eigenvalue weighted by atomic mass is 10.1. The molecule has 1 N–H and O–H groups in total. The van der Waals surface area contributed by atoms with Crippen LogP contribution in [-0.2, 0) is 4.74 Å². The summed E-state index contributed by atoms with van der Waals surface area (Å²) in [5.41, 5.74) is 0.965. The lowest BCUT2D eigenvalue weighted by molar-refractivity contribution is 0.110. The third-order valence-electron chi connectivity index (χ3n) is 1.77. The van der Waals surface area contributed by atoms with E-state index >= 15 is 0 Å². The van der Waals surface area contributed by atoms with Crippen molar-refractivity contribution < 1.29 is 9.53 Å². The predicted octanol–water partition coefficient (Wildman–Crippen LogP) is 2.62. The van der Waals surface area contributed by atoms with Crippen LogP contribution in [0.2, 0.25) is 0 Å². The summed E-state index contributed by atoms with van der Waals surface area (Å²) in [7, 11) is 0. The van der Waals surface area contributed by atoms with Crippen LogP contribution in [0.4, 0.5) is 4.79 Å². The molecular weight excluding hydrogens is 178 g/mol. The molecule has 0 saturated heterocycles. The zero-order valence-corrected chi connectivity index (χ0v) is 8.07. The summed E-state index contributed by atoms with van der Waals surface area (Å²) in [5.74, 6) is 0. The number of amides is 1. The minimum Gasteiger partial charge on any atom is -0.441 e. The zero-order chi connectivity index (χ0) is 10.4. The van der Waals surface area contributed by atoms with E-state index in [0.717, 1.165) is 5.56 Å². The highest BCUT2D eigenvalue weighted by Crippen LogP contribution is 2.15. The molecule has 0 aliphatic rings. The van der Waals surface area contributed by atoms with E-state index < -0.39 is 6.09 Å². The second-order valence-corrected chi connectivity index (χ2v) is 2.81. The minimum atomic E-state index is -0.489. The Kier molecular flexibility index (Phi) is 3.73. The highest BCUT2D eigenvalue weighted by molar-refractivity contribution is 5.68. The summed E-state index contributed by atoms with van der Waals surface area (Å²) in [6.07, 6.45) is 0.549. The van der Waals surface area contributed by atoms with Gasteiger partial charge in [-0.3, -0.25) is 5.32 Å². The minimum absolute atomic E-state index is 0.254. The van der Waals surface area contributed by atoms with Gasteiger partial charge in [-0.2, -0.15) is 0 Å². The Labute approximate surface area is 83.4 Å². The fourth-order valence-electron chi connectivity index (χ4n) is 1.07. The summed E-state index contributed by atoms with van der Waals surface area (Å²) >= 11 is 0. The van der Waals surface area contributed by atoms with E-state index in [1.54, 1.807) is 0 Å². The summed E-state index contributed by atoms with van der Waals surface area (Å²) < 4.78 is 5.06. The van der Waals surface area contributed by atoms with Crippen LogP contribution in [0.5, 0.6) is 0 Å². The standard InChI is InChI=1S/C11H13NO2/c1-3-12-11(13)14-9(2)10-7-5-4-6-8-10/h3-9H,1H2,2H3,(H,12,13). The monoisotopic (exact) mass is 191 g/mol. The van der Waals surface area contributed by atoms with Gasteiger partial charge in [-0.25, -0.2) is 4.79 Å². The lowest BCUT2D eigenvalue weighted by Gasteiger charge is -2.12. The molecule has 14 heavy (non-hydrogen) atoms. The molecule has 74 valence electrons. The first-order valence-corrected chi connectivity index (χ1v) is 4.37. The van der Waals surface area contributed by atoms with Gasteiger partial charge in [-0.1, -0.05) is 36.9 Å². The molecule has 0 saturated carbocycles. The van der Waals surface area contributed by atoms with Gasteiger partial charge in [0.15, 0.2) is 0 Å². The molecule has 1 rings (SSSR count). The topological polar surface area (TPSA) is 38.3 Å². The van der Waals surface area contributed by atoms with E-state index in [1.807, 2.05) is 37.3 Å². The maximum atomic E-state index is 11.0. The molecule has 3 heteroatoms. The molecule has 0 aliphatic carbocycles. The van der Waals surface area contributed by atoms with Crippen molar-refractivity contribution in [2.24, 2.45) is 0 Å². The summed E-state index contributed by atoms with van der Waals surface area (Å²) in [6, 6.07) is 9.54. The van der Waals surface area contributed by atoms with Gasteiger partial charge in [0.1, 0.15) is 6.10 Å². The molecule has 0 aliphatic heterocycles. The first kappa shape index (κ1) is 10.3. The summed E-state index contributed by atoms with van der Waals surface area (Å²) in [6.45, 7) is 5.19. The smallest absolute Gasteiger partial charge is 0.411 e. The Morgan fingerprint density at radius 1 is 1.50 bits per heavy atom. The van der Waals surface area contributed by atoms with Crippen molar-refractivity contribution >= 4 is 6.09 Å². The fourth-order valence-corrected chi connectivity index (χ4v) is 1.07. The van der Waals surface area contributed by atoms with Gasteiger partial charge >= 0.3 is 6.09 Å². The van der Waals surface area contributed by atoms with Gasteiger partial charge in [0.25, 0.3) is 0 Å². The van der Waals surface area contributed by atoms with Crippen molar-refractivity contribution in [1.82, 2.24) is 5.32 Å². The first-order valence-electron chi connectivity index (χ1n) is 4.37. The number of ether oxygens (including phenoxy) is 1. The molecule has 0 bridgehead atoms. The van der Waals surface area contributed by atoms with Crippen LogP contribution < -0.4 is 5.32 Å². The van der Waals surface area contributed by atoms with Gasteiger partial charge in [0.05, 0.1) is 0 Å². The van der Waals surface area contributed by atoms with Gasteiger partial charge in [0.2, 0.25) is 0 Å². The Balaban J connectivity index is 2.54. The van der Waals surface area contributed by atoms with Crippen molar-refractivity contribution in [2.45, 2.75) is 13.0 Å². The Morgan fingerprint density at radius 3 is 2.71 bits per heavy atom. The molecule has 0 fully saturated rings. The van der Waals surface area contributed by atoms with Gasteiger partial charge in [0, 0.05) is 0 Å². The zero-order valence-electron chi connectivity index (χ0n) is 8.07. The number of hydrogen-bond donors (Lipinski definition) is 1. The number of nitrogens with one attached hydrogen (secondary N) is 1. The van der Waals surface area contributed by atoms with Crippen molar-refractivity contribution in [3.63, 3.8) is 0 Å². The van der Waals surface area contributed by atoms with E-state index in [9.17, 15) is 4.79 Å². The lowest BCUT2D eigenvalue weighted by Crippen LogP contribution is -2.19. The fraction of sp³-hybridized carbons (Fsp3) is 0.182. The van der Waals surface area contributed by atoms with Crippen LogP contribution >= 0.6 is 0 Å². The molecule has 1 aromatic carbocycles. The highest BCUT2D eigenvalue weighted by atomic mass is 16.6. The quantitative estimate of drug-likeness (QED) is 0.797. The van der Waals surface area contributed by atoms with Crippen LogP contribution in [0.3, 0.4) is 0 Å². The summed E-state index contributed by atoms with van der Waals surface area (Å²) in [4.78, 5) is 11.0. The first-order chi connectivity index (χ1) is 6.74. The van der Waals surface area contributed by atoms with E-state index in [2.05, 4.69) is 11.9 Å². The average molecular weight is 191 g/mol. The van der Waals surface area contributed by atoms with E-state index in [-0.39, 0.29) is 6.10 Å². The molecule has 3 nitrogen and oxygen atoms in total. The number of rotatable bonds is 3. The van der Waals surface area contributed by atoms with Crippen molar-refractivity contribution in [1.29, 1.82) is 0 Å². The number of alkyl carbamates (subject to hydrolysis) is 1. The van der Waals surface area contributed by atoms with Crippen LogP contribution in [0.15, 0.2) is 43.1 Å². The molecule has 1 atom stereocenters.